The highest BCUT2D eigenvalue weighted by molar-refractivity contribution is 5.41. The molecule has 4 heteroatoms. The van der Waals surface area contributed by atoms with Crippen molar-refractivity contribution < 1.29 is 4.74 Å². The minimum absolute atomic E-state index is 0.586. The Morgan fingerprint density at radius 3 is 2.86 bits per heavy atom. The van der Waals surface area contributed by atoms with Gasteiger partial charge in [0, 0.05) is 42.5 Å². The van der Waals surface area contributed by atoms with Crippen LogP contribution in [0.3, 0.4) is 0 Å². The Kier molecular flexibility index (Phi) is 5.59. The standard InChI is InChI=1S/C17H29N3O/c1-6-15-10-20(13(3)7-8-18-15)11-16-14(4)17(21-5)12(2)9-19-16/h9,13,15,18H,6-8,10-11H2,1-5H3. The Labute approximate surface area is 128 Å². The lowest BCUT2D eigenvalue weighted by Gasteiger charge is -2.29. The van der Waals surface area contributed by atoms with Gasteiger partial charge in [0.25, 0.3) is 0 Å². The summed E-state index contributed by atoms with van der Waals surface area (Å²) in [6.45, 7) is 11.8. The molecule has 0 spiro atoms. The van der Waals surface area contributed by atoms with Gasteiger partial charge < -0.3 is 10.1 Å². The number of hydrogen-bond acceptors (Lipinski definition) is 4. The van der Waals surface area contributed by atoms with Crippen LogP contribution in [0.15, 0.2) is 6.20 Å². The summed E-state index contributed by atoms with van der Waals surface area (Å²) >= 11 is 0. The number of aryl methyl sites for hydroxylation is 1. The summed E-state index contributed by atoms with van der Waals surface area (Å²) in [4.78, 5) is 7.21. The van der Waals surface area contributed by atoms with Gasteiger partial charge in [-0.05, 0) is 40.2 Å². The van der Waals surface area contributed by atoms with Crippen molar-refractivity contribution in [1.82, 2.24) is 15.2 Å². The van der Waals surface area contributed by atoms with Gasteiger partial charge in [-0.3, -0.25) is 9.88 Å². The first-order valence-electron chi connectivity index (χ1n) is 8.03. The number of nitrogens with one attached hydrogen (secondary N) is 1. The Hall–Kier alpha value is -1.13. The molecule has 1 aliphatic heterocycles. The van der Waals surface area contributed by atoms with Crippen molar-refractivity contribution in [3.8, 4) is 5.75 Å². The Bertz CT molecular complexity index is 475. The third kappa shape index (κ3) is 3.74. The largest absolute Gasteiger partial charge is 0.496 e. The Morgan fingerprint density at radius 1 is 1.43 bits per heavy atom. The number of hydrogen-bond donors (Lipinski definition) is 1. The molecule has 1 aromatic rings. The van der Waals surface area contributed by atoms with Crippen molar-refractivity contribution >= 4 is 0 Å². The summed E-state index contributed by atoms with van der Waals surface area (Å²) in [5.74, 6) is 0.979. The normalized spacial score (nSPS) is 23.9. The van der Waals surface area contributed by atoms with E-state index in [2.05, 4.69) is 36.0 Å². The van der Waals surface area contributed by atoms with E-state index in [0.717, 1.165) is 36.6 Å². The highest BCUT2D eigenvalue weighted by atomic mass is 16.5. The van der Waals surface area contributed by atoms with Crippen molar-refractivity contribution in [2.45, 2.75) is 59.2 Å². The molecule has 0 aliphatic carbocycles. The predicted octanol–water partition coefficient (Wildman–Crippen LogP) is 2.67. The van der Waals surface area contributed by atoms with Crippen LogP contribution in [0.5, 0.6) is 5.75 Å². The average Bonchev–Trinajstić information content (AvgIpc) is 2.64. The topological polar surface area (TPSA) is 37.4 Å². The molecule has 1 saturated heterocycles. The number of aromatic nitrogens is 1. The van der Waals surface area contributed by atoms with E-state index < -0.39 is 0 Å². The van der Waals surface area contributed by atoms with Crippen LogP contribution in [0, 0.1) is 13.8 Å². The molecular weight excluding hydrogens is 262 g/mol. The van der Waals surface area contributed by atoms with Crippen LogP contribution in [0.25, 0.3) is 0 Å². The lowest BCUT2D eigenvalue weighted by molar-refractivity contribution is 0.191. The molecule has 118 valence electrons. The minimum atomic E-state index is 0.586. The fraction of sp³-hybridized carbons (Fsp3) is 0.706. The second-order valence-electron chi connectivity index (χ2n) is 6.17. The fourth-order valence-corrected chi connectivity index (χ4v) is 3.12. The predicted molar refractivity (Wildman–Crippen MR) is 86.8 cm³/mol. The van der Waals surface area contributed by atoms with Gasteiger partial charge in [0.15, 0.2) is 0 Å². The second kappa shape index (κ2) is 7.23. The van der Waals surface area contributed by atoms with Crippen LogP contribution in [0.4, 0.5) is 0 Å². The van der Waals surface area contributed by atoms with E-state index in [-0.39, 0.29) is 0 Å². The summed E-state index contributed by atoms with van der Waals surface area (Å²) in [6.07, 6.45) is 4.30. The fourth-order valence-electron chi connectivity index (χ4n) is 3.12. The van der Waals surface area contributed by atoms with Crippen molar-refractivity contribution in [3.63, 3.8) is 0 Å². The summed E-state index contributed by atoms with van der Waals surface area (Å²) < 4.78 is 5.53. The molecule has 21 heavy (non-hydrogen) atoms. The molecule has 1 aromatic heterocycles. The number of ether oxygens (including phenoxy) is 1. The van der Waals surface area contributed by atoms with E-state index in [1.807, 2.05) is 13.1 Å². The first-order chi connectivity index (χ1) is 10.1. The SMILES string of the molecule is CCC1CN(Cc2ncc(C)c(OC)c2C)C(C)CCN1. The minimum Gasteiger partial charge on any atom is -0.496 e. The zero-order chi connectivity index (χ0) is 15.4. The van der Waals surface area contributed by atoms with Crippen molar-refractivity contribution in [2.24, 2.45) is 0 Å². The third-order valence-electron chi connectivity index (χ3n) is 4.67. The maximum absolute atomic E-state index is 5.53. The summed E-state index contributed by atoms with van der Waals surface area (Å²) in [6, 6.07) is 1.17. The van der Waals surface area contributed by atoms with Gasteiger partial charge in [0.05, 0.1) is 12.8 Å². The van der Waals surface area contributed by atoms with E-state index >= 15 is 0 Å². The van der Waals surface area contributed by atoms with E-state index in [9.17, 15) is 0 Å². The third-order valence-corrected chi connectivity index (χ3v) is 4.67. The molecular formula is C17H29N3O. The lowest BCUT2D eigenvalue weighted by Crippen LogP contribution is -2.39. The smallest absolute Gasteiger partial charge is 0.128 e. The van der Waals surface area contributed by atoms with Crippen LogP contribution < -0.4 is 10.1 Å². The highest BCUT2D eigenvalue weighted by Gasteiger charge is 2.23. The van der Waals surface area contributed by atoms with Crippen LogP contribution in [-0.2, 0) is 6.54 Å². The molecule has 0 aromatic carbocycles. The number of pyridine rings is 1. The first kappa shape index (κ1) is 16.2. The van der Waals surface area contributed by atoms with Crippen LogP contribution in [0.2, 0.25) is 0 Å². The van der Waals surface area contributed by atoms with Gasteiger partial charge in [-0.15, -0.1) is 0 Å². The van der Waals surface area contributed by atoms with Gasteiger partial charge in [0.1, 0.15) is 5.75 Å². The molecule has 0 saturated carbocycles. The molecule has 1 fully saturated rings. The van der Waals surface area contributed by atoms with Crippen molar-refractivity contribution in [2.75, 3.05) is 20.2 Å². The summed E-state index contributed by atoms with van der Waals surface area (Å²) in [5.41, 5.74) is 3.42. The van der Waals surface area contributed by atoms with Gasteiger partial charge >= 0.3 is 0 Å². The highest BCUT2D eigenvalue weighted by Crippen LogP contribution is 2.25. The zero-order valence-corrected chi connectivity index (χ0v) is 14.1. The monoisotopic (exact) mass is 291 g/mol. The molecule has 1 N–H and O–H groups in total. The molecule has 2 unspecified atom stereocenters. The van der Waals surface area contributed by atoms with Crippen molar-refractivity contribution in [1.29, 1.82) is 0 Å². The lowest BCUT2D eigenvalue weighted by atomic mass is 10.1. The van der Waals surface area contributed by atoms with E-state index in [1.54, 1.807) is 7.11 Å². The summed E-state index contributed by atoms with van der Waals surface area (Å²) in [7, 11) is 1.74. The van der Waals surface area contributed by atoms with E-state index in [1.165, 1.54) is 18.4 Å². The Balaban J connectivity index is 2.19. The van der Waals surface area contributed by atoms with Crippen LogP contribution in [0.1, 0.15) is 43.5 Å². The average molecular weight is 291 g/mol. The molecule has 0 bridgehead atoms. The first-order valence-corrected chi connectivity index (χ1v) is 8.03. The summed E-state index contributed by atoms with van der Waals surface area (Å²) in [5, 5.41) is 3.64. The molecule has 0 radical (unpaired) electrons. The molecule has 4 nitrogen and oxygen atoms in total. The molecule has 2 heterocycles. The number of nitrogens with zero attached hydrogens (tertiary/aromatic N) is 2. The van der Waals surface area contributed by atoms with E-state index in [4.69, 9.17) is 4.74 Å². The van der Waals surface area contributed by atoms with Crippen LogP contribution in [-0.4, -0.2) is 42.2 Å². The molecule has 2 atom stereocenters. The quantitative estimate of drug-likeness (QED) is 0.925. The maximum atomic E-state index is 5.53. The van der Waals surface area contributed by atoms with E-state index in [0.29, 0.717) is 12.1 Å². The molecule has 1 aliphatic rings. The van der Waals surface area contributed by atoms with Gasteiger partial charge in [-0.1, -0.05) is 6.92 Å². The number of rotatable bonds is 4. The molecule has 2 rings (SSSR count). The van der Waals surface area contributed by atoms with Gasteiger partial charge in [0.2, 0.25) is 0 Å². The van der Waals surface area contributed by atoms with Gasteiger partial charge in [-0.2, -0.15) is 0 Å². The molecule has 0 amide bonds. The number of methoxy groups -OCH3 is 1. The maximum Gasteiger partial charge on any atom is 0.128 e. The zero-order valence-electron chi connectivity index (χ0n) is 14.1. The Morgan fingerprint density at radius 2 is 2.19 bits per heavy atom. The van der Waals surface area contributed by atoms with Crippen LogP contribution >= 0.6 is 0 Å². The van der Waals surface area contributed by atoms with Gasteiger partial charge in [-0.25, -0.2) is 0 Å². The second-order valence-corrected chi connectivity index (χ2v) is 6.17. The van der Waals surface area contributed by atoms with Crippen molar-refractivity contribution in [3.05, 3.63) is 23.0 Å².